The van der Waals surface area contributed by atoms with Gasteiger partial charge in [-0.2, -0.15) is 0 Å². The van der Waals surface area contributed by atoms with Crippen molar-refractivity contribution < 1.29 is 9.59 Å². The van der Waals surface area contributed by atoms with Crippen molar-refractivity contribution in [2.45, 2.75) is 79.1 Å². The number of ketones is 2. The van der Waals surface area contributed by atoms with Gasteiger partial charge in [-0.3, -0.25) is 9.59 Å². The minimum Gasteiger partial charge on any atom is -0.299 e. The maximum Gasteiger partial charge on any atom is 0.159 e. The van der Waals surface area contributed by atoms with E-state index < -0.39 is 0 Å². The summed E-state index contributed by atoms with van der Waals surface area (Å²) in [5.41, 5.74) is 4.66. The molecule has 0 aromatic heterocycles. The largest absolute Gasteiger partial charge is 0.299 e. The maximum atomic E-state index is 14.1. The zero-order chi connectivity index (χ0) is 20.8. The van der Waals surface area contributed by atoms with Crippen molar-refractivity contribution in [2.24, 2.45) is 57.7 Å². The van der Waals surface area contributed by atoms with Gasteiger partial charge in [-0.05, 0) is 90.4 Å². The first kappa shape index (κ1) is 18.4. The minimum atomic E-state index is -0.302. The molecule has 0 aromatic carbocycles. The lowest BCUT2D eigenvalue weighted by molar-refractivity contribution is -0.224. The Bertz CT molecular complexity index is 961. The van der Waals surface area contributed by atoms with Crippen LogP contribution in [0.5, 0.6) is 0 Å². The molecule has 0 N–H and O–H groups in total. The van der Waals surface area contributed by atoms with Crippen LogP contribution in [-0.4, -0.2) is 11.6 Å². The van der Waals surface area contributed by atoms with Crippen LogP contribution in [0.3, 0.4) is 0 Å². The molecule has 30 heavy (non-hydrogen) atoms. The Hall–Kier alpha value is -1.18. The summed E-state index contributed by atoms with van der Waals surface area (Å²) < 4.78 is 0. The molecule has 0 aliphatic heterocycles. The summed E-state index contributed by atoms with van der Waals surface area (Å²) in [6.45, 7) is 9.82. The van der Waals surface area contributed by atoms with E-state index >= 15 is 0 Å². The fourth-order valence-electron chi connectivity index (χ4n) is 10.7. The van der Waals surface area contributed by atoms with E-state index in [0.717, 1.165) is 38.5 Å². The molecule has 2 heteroatoms. The Kier molecular flexibility index (Phi) is 3.21. The van der Waals surface area contributed by atoms with Crippen LogP contribution in [-0.2, 0) is 9.59 Å². The molecule has 4 fully saturated rings. The van der Waals surface area contributed by atoms with Crippen molar-refractivity contribution in [2.75, 3.05) is 0 Å². The summed E-state index contributed by atoms with van der Waals surface area (Å²) in [4.78, 5) is 27.4. The van der Waals surface area contributed by atoms with E-state index in [1.807, 2.05) is 0 Å². The molecule has 0 aromatic rings. The number of allylic oxidation sites excluding steroid dienone is 4. The van der Waals surface area contributed by atoms with Crippen LogP contribution in [0.1, 0.15) is 79.1 Å². The fourth-order valence-corrected chi connectivity index (χ4v) is 10.7. The zero-order valence-electron chi connectivity index (χ0n) is 19.1. The molecule has 160 valence electrons. The van der Waals surface area contributed by atoms with Crippen molar-refractivity contribution in [1.82, 2.24) is 0 Å². The van der Waals surface area contributed by atoms with Gasteiger partial charge < -0.3 is 0 Å². The summed E-state index contributed by atoms with van der Waals surface area (Å²) >= 11 is 0. The van der Waals surface area contributed by atoms with Crippen LogP contribution >= 0.6 is 0 Å². The van der Waals surface area contributed by atoms with Crippen molar-refractivity contribution in [3.63, 3.8) is 0 Å². The summed E-state index contributed by atoms with van der Waals surface area (Å²) in [5, 5.41) is 0. The smallest absolute Gasteiger partial charge is 0.159 e. The number of carbonyl (C=O) groups excluding carboxylic acids is 2. The third-order valence-electron chi connectivity index (χ3n) is 11.4. The van der Waals surface area contributed by atoms with Crippen LogP contribution in [0.2, 0.25) is 0 Å². The summed E-state index contributed by atoms with van der Waals surface area (Å²) in [7, 11) is 0. The Labute approximate surface area is 180 Å². The minimum absolute atomic E-state index is 0.219. The summed E-state index contributed by atoms with van der Waals surface area (Å²) in [6, 6.07) is 0. The average molecular weight is 405 g/mol. The molecule has 0 unspecified atom stereocenters. The van der Waals surface area contributed by atoms with E-state index in [1.54, 1.807) is 5.57 Å². The Balaban J connectivity index is 1.52. The van der Waals surface area contributed by atoms with Gasteiger partial charge in [0.25, 0.3) is 0 Å². The third-order valence-corrected chi connectivity index (χ3v) is 11.4. The molecule has 2 nitrogen and oxygen atoms in total. The highest BCUT2D eigenvalue weighted by Crippen LogP contribution is 2.81. The second-order valence-corrected chi connectivity index (χ2v) is 13.3. The normalized spacial score (nSPS) is 51.5. The number of rotatable bonds is 0. The maximum absolute atomic E-state index is 14.1. The quantitative estimate of drug-likeness (QED) is 0.470. The number of hydrogen-bond donors (Lipinski definition) is 0. The monoisotopic (exact) mass is 404 g/mol. The van der Waals surface area contributed by atoms with E-state index in [1.165, 1.54) is 24.0 Å². The number of fused-ring (bicyclic) bond motifs is 1. The van der Waals surface area contributed by atoms with E-state index in [9.17, 15) is 9.59 Å². The van der Waals surface area contributed by atoms with E-state index in [2.05, 4.69) is 33.8 Å². The van der Waals surface area contributed by atoms with Crippen molar-refractivity contribution in [1.29, 1.82) is 0 Å². The Morgan fingerprint density at radius 2 is 1.57 bits per heavy atom. The zero-order valence-corrected chi connectivity index (χ0v) is 19.1. The van der Waals surface area contributed by atoms with Gasteiger partial charge in [0, 0.05) is 18.8 Å². The molecule has 0 radical (unpaired) electrons. The Morgan fingerprint density at radius 3 is 2.30 bits per heavy atom. The van der Waals surface area contributed by atoms with Crippen LogP contribution in [0.25, 0.3) is 0 Å². The van der Waals surface area contributed by atoms with Crippen LogP contribution in [0, 0.1) is 57.7 Å². The Morgan fingerprint density at radius 1 is 0.833 bits per heavy atom. The van der Waals surface area contributed by atoms with Crippen molar-refractivity contribution in [3.05, 3.63) is 22.8 Å². The molecule has 0 heterocycles. The number of Topliss-reactive ketones (excluding diaryl/α,β-unsaturated/α-hetero) is 2. The SMILES string of the molecule is CC1(C)C[C@@H]2[C@H]1[C@@H]1C3=C(C(=O)CCC3)[C@H]2[C@]23C(=O)CCCC2=C[C@@H]2[C@@H](CC2(C)C)[C@H]13. The summed E-state index contributed by atoms with van der Waals surface area (Å²) in [5.74, 6) is 4.70. The first-order valence-electron chi connectivity index (χ1n) is 12.7. The standard InChI is InChI=1S/C28H36O2/c1-26(2)12-16-18(26)11-14-7-5-10-20(30)28(14)24(16)22-15-8-6-9-19(29)21(15)25(28)17-13-27(3,4)23(17)22/h11,16-18,22-25H,5-10,12-13H2,1-4H3/t16-,17-,18-,22+,23+,24-,25+,28+/m1/s1. The molecule has 4 saturated carbocycles. The lowest BCUT2D eigenvalue weighted by atomic mass is 9.26. The highest BCUT2D eigenvalue weighted by atomic mass is 16.1. The molecule has 0 amide bonds. The van der Waals surface area contributed by atoms with Gasteiger partial charge in [-0.1, -0.05) is 44.9 Å². The predicted octanol–water partition coefficient (Wildman–Crippen LogP) is 5.92. The van der Waals surface area contributed by atoms with E-state index in [0.29, 0.717) is 57.9 Å². The molecule has 8 atom stereocenters. The van der Waals surface area contributed by atoms with Gasteiger partial charge in [-0.25, -0.2) is 0 Å². The van der Waals surface area contributed by atoms with Crippen molar-refractivity contribution >= 4 is 11.6 Å². The molecule has 0 saturated heterocycles. The first-order chi connectivity index (χ1) is 14.2. The van der Waals surface area contributed by atoms with Gasteiger partial charge >= 0.3 is 0 Å². The third kappa shape index (κ3) is 1.76. The summed E-state index contributed by atoms with van der Waals surface area (Å²) in [6.07, 6.45) is 10.8. The molecular weight excluding hydrogens is 368 g/mol. The van der Waals surface area contributed by atoms with Gasteiger partial charge in [0.05, 0.1) is 5.41 Å². The second kappa shape index (κ2) is 5.24. The van der Waals surface area contributed by atoms with Crippen LogP contribution in [0.4, 0.5) is 0 Å². The molecule has 8 rings (SSSR count). The second-order valence-electron chi connectivity index (χ2n) is 13.3. The first-order valence-corrected chi connectivity index (χ1v) is 12.7. The van der Waals surface area contributed by atoms with Gasteiger partial charge in [0.1, 0.15) is 5.78 Å². The average Bonchev–Trinajstić information content (AvgIpc) is 2.67. The van der Waals surface area contributed by atoms with Crippen LogP contribution in [0.15, 0.2) is 22.8 Å². The fraction of sp³-hybridized carbons (Fsp3) is 0.786. The highest BCUT2D eigenvalue weighted by molar-refractivity contribution is 6.01. The number of carbonyl (C=O) groups is 2. The van der Waals surface area contributed by atoms with E-state index in [4.69, 9.17) is 0 Å². The lowest BCUT2D eigenvalue weighted by Crippen LogP contribution is -2.74. The van der Waals surface area contributed by atoms with E-state index in [-0.39, 0.29) is 11.3 Å². The van der Waals surface area contributed by atoms with Gasteiger partial charge in [0.15, 0.2) is 5.78 Å². The topological polar surface area (TPSA) is 34.1 Å². The van der Waals surface area contributed by atoms with Gasteiger partial charge in [0.2, 0.25) is 0 Å². The molecule has 2 bridgehead atoms. The molecule has 8 aliphatic rings. The van der Waals surface area contributed by atoms with Gasteiger partial charge in [-0.15, -0.1) is 0 Å². The highest BCUT2D eigenvalue weighted by Gasteiger charge is 2.77. The molecule has 8 aliphatic carbocycles. The predicted molar refractivity (Wildman–Crippen MR) is 116 cm³/mol. The number of hydrogen-bond acceptors (Lipinski definition) is 2. The molecule has 1 spiro atoms. The molecular formula is C28H36O2. The van der Waals surface area contributed by atoms with Crippen LogP contribution < -0.4 is 0 Å². The lowest BCUT2D eigenvalue weighted by Gasteiger charge is -2.77. The van der Waals surface area contributed by atoms with Crippen molar-refractivity contribution in [3.8, 4) is 0 Å².